The second kappa shape index (κ2) is 65.6. The van der Waals surface area contributed by atoms with Gasteiger partial charge in [0.2, 0.25) is 0 Å². The number of allylic oxidation sites excluding steroid dienone is 18. The summed E-state index contributed by atoms with van der Waals surface area (Å²) >= 11 is 0. The van der Waals surface area contributed by atoms with E-state index in [0.29, 0.717) is 19.3 Å². The van der Waals surface area contributed by atoms with Gasteiger partial charge < -0.3 is 14.2 Å². The minimum atomic E-state index is -0.789. The second-order valence-corrected chi connectivity index (χ2v) is 21.6. The van der Waals surface area contributed by atoms with E-state index >= 15 is 0 Å². The molecule has 0 aromatic rings. The first kappa shape index (κ1) is 74.1. The van der Waals surface area contributed by atoms with Crippen molar-refractivity contribution in [3.05, 3.63) is 109 Å². The van der Waals surface area contributed by atoms with Crippen LogP contribution in [-0.2, 0) is 28.6 Å². The molecule has 0 saturated heterocycles. The van der Waals surface area contributed by atoms with Crippen molar-refractivity contribution in [2.24, 2.45) is 0 Å². The summed E-state index contributed by atoms with van der Waals surface area (Å²) in [6, 6.07) is 0. The molecule has 0 N–H and O–H groups in total. The number of carbonyl (C=O) groups excluding carboxylic acids is 3. The third-order valence-electron chi connectivity index (χ3n) is 14.0. The largest absolute Gasteiger partial charge is 0.462 e. The summed E-state index contributed by atoms with van der Waals surface area (Å²) in [4.78, 5) is 38.3. The van der Waals surface area contributed by atoms with Crippen molar-refractivity contribution in [2.75, 3.05) is 13.2 Å². The fourth-order valence-corrected chi connectivity index (χ4v) is 9.17. The van der Waals surface area contributed by atoms with Gasteiger partial charge in [0, 0.05) is 19.3 Å². The molecule has 446 valence electrons. The molecule has 0 aromatic carbocycles. The molecule has 6 heteroatoms. The monoisotopic (exact) mass is 1080 g/mol. The molecule has 0 radical (unpaired) electrons. The molecule has 0 spiro atoms. The Morgan fingerprint density at radius 3 is 0.782 bits per heavy atom. The van der Waals surface area contributed by atoms with Crippen LogP contribution in [0.25, 0.3) is 0 Å². The van der Waals surface area contributed by atoms with Gasteiger partial charge in [-0.3, -0.25) is 14.4 Å². The molecule has 0 saturated carbocycles. The van der Waals surface area contributed by atoms with Gasteiger partial charge in [-0.2, -0.15) is 0 Å². The first-order valence-electron chi connectivity index (χ1n) is 32.9. The third kappa shape index (κ3) is 62.9. The molecular formula is C72H122O6. The Morgan fingerprint density at radius 2 is 0.500 bits per heavy atom. The Kier molecular flexibility index (Phi) is 62.3. The fraction of sp³-hybridized carbons (Fsp3) is 0.708. The van der Waals surface area contributed by atoms with E-state index in [0.717, 1.165) is 135 Å². The zero-order chi connectivity index (χ0) is 56.4. The summed E-state index contributed by atoms with van der Waals surface area (Å²) in [6.07, 6.45) is 89.6. The molecule has 0 aliphatic carbocycles. The van der Waals surface area contributed by atoms with Crippen molar-refractivity contribution in [1.29, 1.82) is 0 Å². The summed E-state index contributed by atoms with van der Waals surface area (Å²) in [5, 5.41) is 0. The topological polar surface area (TPSA) is 78.9 Å². The quantitative estimate of drug-likeness (QED) is 0.0261. The van der Waals surface area contributed by atoms with Crippen LogP contribution in [0.1, 0.15) is 310 Å². The standard InChI is InChI=1S/C72H122O6/c1-4-7-10-13-16-19-22-25-27-29-31-33-34-35-36-37-38-40-41-43-45-47-50-53-56-59-62-65-71(74)77-68-69(67-76-70(73)64-61-58-55-52-49-24-21-18-15-12-9-6-3)78-72(75)66-63-60-57-54-51-48-46-44-42-39-32-30-28-26-23-20-17-14-11-8-5-2/h7-8,10-11,16-17,19-20,25-28,31-33,39,44,46,69H,4-6,9,12-15,18,21-24,29-30,34-38,40-43,45,47-68H2,1-3H3/b10-7-,11-8-,19-16-,20-17-,27-25-,28-26-,33-31-,39-32-,46-44-. The van der Waals surface area contributed by atoms with Crippen LogP contribution in [0.4, 0.5) is 0 Å². The summed E-state index contributed by atoms with van der Waals surface area (Å²) in [5.41, 5.74) is 0. The Morgan fingerprint density at radius 1 is 0.269 bits per heavy atom. The Labute approximate surface area is 482 Å². The zero-order valence-corrected chi connectivity index (χ0v) is 51.2. The van der Waals surface area contributed by atoms with E-state index in [2.05, 4.69) is 130 Å². The highest BCUT2D eigenvalue weighted by atomic mass is 16.6. The van der Waals surface area contributed by atoms with Gasteiger partial charge in [-0.05, 0) is 103 Å². The average Bonchev–Trinajstić information content (AvgIpc) is 3.44. The lowest BCUT2D eigenvalue weighted by atomic mass is 10.0. The molecule has 1 unspecified atom stereocenters. The van der Waals surface area contributed by atoms with Gasteiger partial charge in [-0.1, -0.05) is 297 Å². The molecule has 0 amide bonds. The molecule has 6 nitrogen and oxygen atoms in total. The van der Waals surface area contributed by atoms with Crippen LogP contribution >= 0.6 is 0 Å². The number of ether oxygens (including phenoxy) is 3. The van der Waals surface area contributed by atoms with Gasteiger partial charge in [-0.25, -0.2) is 0 Å². The van der Waals surface area contributed by atoms with Crippen molar-refractivity contribution in [1.82, 2.24) is 0 Å². The Balaban J connectivity index is 4.30. The highest BCUT2D eigenvalue weighted by molar-refractivity contribution is 5.71. The van der Waals surface area contributed by atoms with Gasteiger partial charge >= 0.3 is 17.9 Å². The van der Waals surface area contributed by atoms with E-state index in [1.54, 1.807) is 0 Å². The summed E-state index contributed by atoms with van der Waals surface area (Å²) < 4.78 is 16.9. The predicted molar refractivity (Wildman–Crippen MR) is 339 cm³/mol. The van der Waals surface area contributed by atoms with Crippen molar-refractivity contribution in [3.63, 3.8) is 0 Å². The number of hydrogen-bond donors (Lipinski definition) is 0. The van der Waals surface area contributed by atoms with E-state index in [1.165, 1.54) is 135 Å². The van der Waals surface area contributed by atoms with Crippen molar-refractivity contribution in [2.45, 2.75) is 316 Å². The maximum atomic E-state index is 12.9. The molecule has 0 aliphatic rings. The lowest BCUT2D eigenvalue weighted by Crippen LogP contribution is -2.30. The molecule has 0 fully saturated rings. The van der Waals surface area contributed by atoms with Crippen LogP contribution in [0.15, 0.2) is 109 Å². The summed E-state index contributed by atoms with van der Waals surface area (Å²) in [5.74, 6) is -0.893. The number of carbonyl (C=O) groups is 3. The zero-order valence-electron chi connectivity index (χ0n) is 51.2. The van der Waals surface area contributed by atoms with Gasteiger partial charge in [0.05, 0.1) is 0 Å². The molecular weight excluding hydrogens is 961 g/mol. The normalized spacial score (nSPS) is 12.8. The van der Waals surface area contributed by atoms with E-state index in [9.17, 15) is 14.4 Å². The number of hydrogen-bond acceptors (Lipinski definition) is 6. The van der Waals surface area contributed by atoms with Gasteiger partial charge in [0.1, 0.15) is 13.2 Å². The van der Waals surface area contributed by atoms with E-state index < -0.39 is 6.10 Å². The lowest BCUT2D eigenvalue weighted by Gasteiger charge is -2.18. The first-order valence-corrected chi connectivity index (χ1v) is 32.9. The molecule has 1 atom stereocenters. The van der Waals surface area contributed by atoms with Crippen molar-refractivity contribution < 1.29 is 28.6 Å². The maximum absolute atomic E-state index is 12.9. The smallest absolute Gasteiger partial charge is 0.306 e. The number of rotatable bonds is 59. The molecule has 0 aromatic heterocycles. The minimum Gasteiger partial charge on any atom is -0.462 e. The van der Waals surface area contributed by atoms with Crippen molar-refractivity contribution >= 4 is 17.9 Å². The SMILES string of the molecule is CC/C=C\C/C=C\C/C=C\C/C=C\C/C=C\CCCCCCCC(=O)OC(COC(=O)CCCCCCCCCCCCCC)COC(=O)CCCCCCCCCCCCCCCC/C=C\C/C=C\C/C=C\C/C=C\CC. The van der Waals surface area contributed by atoms with Gasteiger partial charge in [0.25, 0.3) is 0 Å². The van der Waals surface area contributed by atoms with Crippen LogP contribution in [0.5, 0.6) is 0 Å². The molecule has 0 rings (SSSR count). The Bertz CT molecular complexity index is 1570. The lowest BCUT2D eigenvalue weighted by molar-refractivity contribution is -0.167. The predicted octanol–water partition coefficient (Wildman–Crippen LogP) is 22.6. The highest BCUT2D eigenvalue weighted by Crippen LogP contribution is 2.17. The summed E-state index contributed by atoms with van der Waals surface area (Å²) in [6.45, 7) is 6.42. The van der Waals surface area contributed by atoms with Crippen molar-refractivity contribution in [3.8, 4) is 0 Å². The Hall–Kier alpha value is -3.93. The van der Waals surface area contributed by atoms with Gasteiger partial charge in [-0.15, -0.1) is 0 Å². The van der Waals surface area contributed by atoms with E-state index in [1.807, 2.05) is 0 Å². The van der Waals surface area contributed by atoms with Crippen LogP contribution in [0, 0.1) is 0 Å². The van der Waals surface area contributed by atoms with E-state index in [4.69, 9.17) is 14.2 Å². The third-order valence-corrected chi connectivity index (χ3v) is 14.0. The van der Waals surface area contributed by atoms with Crippen LogP contribution < -0.4 is 0 Å². The second-order valence-electron chi connectivity index (χ2n) is 21.6. The molecule has 0 bridgehead atoms. The molecule has 0 heterocycles. The van der Waals surface area contributed by atoms with Gasteiger partial charge in [0.15, 0.2) is 6.10 Å². The van der Waals surface area contributed by atoms with Crippen LogP contribution in [0.2, 0.25) is 0 Å². The number of esters is 3. The summed E-state index contributed by atoms with van der Waals surface area (Å²) in [7, 11) is 0. The first-order chi connectivity index (χ1) is 38.5. The molecule has 0 aliphatic heterocycles. The minimum absolute atomic E-state index is 0.0837. The fourth-order valence-electron chi connectivity index (χ4n) is 9.17. The van der Waals surface area contributed by atoms with E-state index in [-0.39, 0.29) is 31.1 Å². The molecule has 78 heavy (non-hydrogen) atoms. The maximum Gasteiger partial charge on any atom is 0.306 e. The van der Waals surface area contributed by atoms with Crippen LogP contribution in [0.3, 0.4) is 0 Å². The number of unbranched alkanes of at least 4 members (excludes halogenated alkanes) is 30. The van der Waals surface area contributed by atoms with Crippen LogP contribution in [-0.4, -0.2) is 37.2 Å². The average molecular weight is 1080 g/mol. The highest BCUT2D eigenvalue weighted by Gasteiger charge is 2.19.